The van der Waals surface area contributed by atoms with Gasteiger partial charge < -0.3 is 15.9 Å². The van der Waals surface area contributed by atoms with Gasteiger partial charge in [0, 0.05) is 0 Å². The van der Waals surface area contributed by atoms with Crippen LogP contribution in [-0.4, -0.2) is 22.9 Å². The molecular formula is C9H21NO3. The molecule has 4 N–H and O–H groups in total. The minimum Gasteiger partial charge on any atom is -0.450 e. The molecule has 0 atom stereocenters. The lowest BCUT2D eigenvalue weighted by molar-refractivity contribution is 0.137. The third kappa shape index (κ3) is 35.0. The first-order chi connectivity index (χ1) is 6.00. The van der Waals surface area contributed by atoms with E-state index < -0.39 is 6.16 Å². The van der Waals surface area contributed by atoms with Crippen molar-refractivity contribution in [1.29, 1.82) is 0 Å². The second kappa shape index (κ2) is 11.2. The van der Waals surface area contributed by atoms with E-state index in [-0.39, 0.29) is 0 Å². The summed E-state index contributed by atoms with van der Waals surface area (Å²) in [6, 6.07) is 0. The van der Waals surface area contributed by atoms with E-state index in [0.29, 0.717) is 0 Å². The normalized spacial score (nSPS) is 9.23. The molecule has 4 heteroatoms. The van der Waals surface area contributed by atoms with Crippen LogP contribution >= 0.6 is 0 Å². The number of hydrogen-bond acceptors (Lipinski definition) is 2. The minimum absolute atomic E-state index is 0.859. The second-order valence-corrected chi connectivity index (χ2v) is 3.31. The van der Waals surface area contributed by atoms with Crippen LogP contribution in [0.5, 0.6) is 0 Å². The van der Waals surface area contributed by atoms with Crippen molar-refractivity contribution in [3.8, 4) is 0 Å². The number of nitrogens with two attached hydrogens (primary N) is 1. The average molecular weight is 191 g/mol. The molecule has 4 nitrogen and oxygen atoms in total. The van der Waals surface area contributed by atoms with E-state index in [0.717, 1.165) is 12.5 Å². The summed E-state index contributed by atoms with van der Waals surface area (Å²) in [5.41, 5.74) is 5.35. The van der Waals surface area contributed by atoms with Crippen LogP contribution < -0.4 is 5.73 Å². The highest BCUT2D eigenvalue weighted by atomic mass is 16.6. The van der Waals surface area contributed by atoms with Gasteiger partial charge >= 0.3 is 6.16 Å². The van der Waals surface area contributed by atoms with Crippen LogP contribution in [0, 0.1) is 5.92 Å². The topological polar surface area (TPSA) is 83.6 Å². The van der Waals surface area contributed by atoms with Crippen molar-refractivity contribution in [2.75, 3.05) is 6.54 Å². The summed E-state index contributed by atoms with van der Waals surface area (Å²) in [6.07, 6.45) is 3.40. The molecule has 0 aliphatic rings. The first-order valence-corrected chi connectivity index (χ1v) is 4.62. The zero-order chi connectivity index (χ0) is 10.7. The van der Waals surface area contributed by atoms with E-state index >= 15 is 0 Å². The molecule has 0 radical (unpaired) electrons. The molecule has 0 rings (SSSR count). The minimum atomic E-state index is -1.83. The predicted octanol–water partition coefficient (Wildman–Crippen LogP) is 2.38. The third-order valence-electron chi connectivity index (χ3n) is 1.49. The maximum absolute atomic E-state index is 8.56. The van der Waals surface area contributed by atoms with Crippen LogP contribution in [0.4, 0.5) is 4.79 Å². The molecule has 0 fully saturated rings. The zero-order valence-corrected chi connectivity index (χ0v) is 8.49. The molecule has 13 heavy (non-hydrogen) atoms. The number of carboxylic acid groups (broad SMARTS) is 2. The van der Waals surface area contributed by atoms with Gasteiger partial charge in [-0.1, -0.05) is 33.1 Å². The Balaban J connectivity index is 0. The van der Waals surface area contributed by atoms with E-state index in [1.54, 1.807) is 0 Å². The Kier molecular flexibility index (Phi) is 12.7. The number of rotatable bonds is 5. The molecule has 0 aliphatic carbocycles. The fourth-order valence-corrected chi connectivity index (χ4v) is 0.874. The average Bonchev–Trinajstić information content (AvgIpc) is 1.97. The maximum Gasteiger partial charge on any atom is 0.503 e. The fraction of sp³-hybridized carbons (Fsp3) is 0.889. The summed E-state index contributed by atoms with van der Waals surface area (Å²) in [4.78, 5) is 8.56. The molecule has 0 aromatic rings. The van der Waals surface area contributed by atoms with E-state index in [1.165, 1.54) is 25.7 Å². The van der Waals surface area contributed by atoms with E-state index in [9.17, 15) is 0 Å². The lowest BCUT2D eigenvalue weighted by Gasteiger charge is -2.01. The highest BCUT2D eigenvalue weighted by molar-refractivity contribution is 5.53. The van der Waals surface area contributed by atoms with Crippen molar-refractivity contribution in [2.45, 2.75) is 39.5 Å². The van der Waals surface area contributed by atoms with Crippen LogP contribution in [-0.2, 0) is 0 Å². The second-order valence-electron chi connectivity index (χ2n) is 3.31. The molecule has 80 valence electrons. The van der Waals surface area contributed by atoms with Crippen LogP contribution in [0.3, 0.4) is 0 Å². The lowest BCUT2D eigenvalue weighted by atomic mass is 10.1. The van der Waals surface area contributed by atoms with Crippen molar-refractivity contribution in [3.05, 3.63) is 0 Å². The summed E-state index contributed by atoms with van der Waals surface area (Å²) < 4.78 is 0. The Morgan fingerprint density at radius 3 is 2.00 bits per heavy atom. The Hall–Kier alpha value is -0.770. The van der Waals surface area contributed by atoms with Gasteiger partial charge in [-0.2, -0.15) is 0 Å². The van der Waals surface area contributed by atoms with Gasteiger partial charge in [-0.25, -0.2) is 4.79 Å². The highest BCUT2D eigenvalue weighted by Gasteiger charge is 1.91. The Labute approximate surface area is 79.8 Å². The van der Waals surface area contributed by atoms with Crippen LogP contribution in [0.15, 0.2) is 0 Å². The summed E-state index contributed by atoms with van der Waals surface area (Å²) in [5, 5.41) is 13.9. The van der Waals surface area contributed by atoms with Crippen LogP contribution in [0.2, 0.25) is 0 Å². The molecule has 0 saturated carbocycles. The van der Waals surface area contributed by atoms with Crippen LogP contribution in [0.1, 0.15) is 39.5 Å². The van der Waals surface area contributed by atoms with Gasteiger partial charge in [0.15, 0.2) is 0 Å². The fourth-order valence-electron chi connectivity index (χ4n) is 0.874. The maximum atomic E-state index is 8.56. The molecule has 0 aliphatic heterocycles. The van der Waals surface area contributed by atoms with Gasteiger partial charge in [-0.15, -0.1) is 0 Å². The number of hydrogen-bond donors (Lipinski definition) is 3. The van der Waals surface area contributed by atoms with Crippen molar-refractivity contribution >= 4 is 6.16 Å². The first kappa shape index (κ1) is 14.7. The van der Waals surface area contributed by atoms with Gasteiger partial charge in [0.05, 0.1) is 0 Å². The van der Waals surface area contributed by atoms with Gasteiger partial charge in [0.1, 0.15) is 0 Å². The number of unbranched alkanes of at least 4 members (excludes halogenated alkanes) is 2. The molecule has 0 spiro atoms. The van der Waals surface area contributed by atoms with E-state index in [2.05, 4.69) is 13.8 Å². The van der Waals surface area contributed by atoms with Gasteiger partial charge in [-0.3, -0.25) is 0 Å². The highest BCUT2D eigenvalue weighted by Crippen LogP contribution is 2.06. The molecule has 0 bridgehead atoms. The lowest BCUT2D eigenvalue weighted by Crippen LogP contribution is -1.98. The van der Waals surface area contributed by atoms with Crippen molar-refractivity contribution in [3.63, 3.8) is 0 Å². The summed E-state index contributed by atoms with van der Waals surface area (Å²) in [5.74, 6) is 0.864. The molecular weight excluding hydrogens is 170 g/mol. The summed E-state index contributed by atoms with van der Waals surface area (Å²) in [7, 11) is 0. The standard InChI is InChI=1S/C8H19N.CH2O3/c1-8(2)6-4-3-5-7-9;2-1(3)4/h8H,3-7,9H2,1-2H3;(H2,2,3,4). The van der Waals surface area contributed by atoms with Crippen molar-refractivity contribution in [1.82, 2.24) is 0 Å². The Morgan fingerprint density at radius 2 is 1.69 bits per heavy atom. The predicted molar refractivity (Wildman–Crippen MR) is 53.0 cm³/mol. The van der Waals surface area contributed by atoms with Crippen molar-refractivity contribution < 1.29 is 15.0 Å². The van der Waals surface area contributed by atoms with Crippen LogP contribution in [0.25, 0.3) is 0 Å². The first-order valence-electron chi connectivity index (χ1n) is 4.62. The van der Waals surface area contributed by atoms with E-state index in [4.69, 9.17) is 20.7 Å². The van der Waals surface area contributed by atoms with Gasteiger partial charge in [0.2, 0.25) is 0 Å². The summed E-state index contributed by atoms with van der Waals surface area (Å²) >= 11 is 0. The smallest absolute Gasteiger partial charge is 0.450 e. The molecule has 0 unspecified atom stereocenters. The van der Waals surface area contributed by atoms with E-state index in [1.807, 2.05) is 0 Å². The molecule has 0 saturated heterocycles. The van der Waals surface area contributed by atoms with Gasteiger partial charge in [0.25, 0.3) is 0 Å². The number of carbonyl (C=O) groups is 1. The zero-order valence-electron chi connectivity index (χ0n) is 8.49. The Bertz CT molecular complexity index is 111. The van der Waals surface area contributed by atoms with Gasteiger partial charge in [-0.05, 0) is 18.9 Å². The summed E-state index contributed by atoms with van der Waals surface area (Å²) in [6.45, 7) is 5.39. The molecule has 0 heterocycles. The largest absolute Gasteiger partial charge is 0.503 e. The SMILES string of the molecule is CC(C)CCCCCN.O=C(O)O. The Morgan fingerprint density at radius 1 is 1.23 bits per heavy atom. The molecule has 0 aromatic heterocycles. The third-order valence-corrected chi connectivity index (χ3v) is 1.49. The quantitative estimate of drug-likeness (QED) is 0.582. The monoisotopic (exact) mass is 191 g/mol. The molecule has 0 amide bonds. The molecule has 0 aromatic carbocycles. The van der Waals surface area contributed by atoms with Crippen molar-refractivity contribution in [2.24, 2.45) is 11.7 Å².